The number of rotatable bonds is 7. The molecule has 0 aliphatic heterocycles. The molecule has 0 bridgehead atoms. The van der Waals surface area contributed by atoms with Crippen LogP contribution in [-0.4, -0.2) is 38.6 Å². The second-order valence-corrected chi connectivity index (χ2v) is 6.65. The molecule has 27 heavy (non-hydrogen) atoms. The summed E-state index contributed by atoms with van der Waals surface area (Å²) in [4.78, 5) is 24.8. The molecule has 0 aliphatic carbocycles. The maximum absolute atomic E-state index is 12.4. The molecule has 8 heteroatoms. The van der Waals surface area contributed by atoms with E-state index in [1.54, 1.807) is 31.2 Å². The molecular weight excluding hydrogens is 391 g/mol. The van der Waals surface area contributed by atoms with Crippen molar-refractivity contribution in [2.75, 3.05) is 20.8 Å². The fraction of sp³-hybridized carbons (Fsp3) is 0.263. The first-order valence-electron chi connectivity index (χ1n) is 8.11. The second kappa shape index (κ2) is 9.48. The van der Waals surface area contributed by atoms with Crippen LogP contribution in [-0.2, 0) is 0 Å². The lowest BCUT2D eigenvalue weighted by molar-refractivity contribution is 0.0909. The topological polar surface area (TPSA) is 76.7 Å². The summed E-state index contributed by atoms with van der Waals surface area (Å²) < 4.78 is 10.4. The Labute approximate surface area is 167 Å². The summed E-state index contributed by atoms with van der Waals surface area (Å²) in [5.41, 5.74) is 0.639. The van der Waals surface area contributed by atoms with Gasteiger partial charge in [-0.2, -0.15) is 0 Å². The number of hydrogen-bond acceptors (Lipinski definition) is 4. The van der Waals surface area contributed by atoms with Crippen molar-refractivity contribution in [2.24, 2.45) is 0 Å². The summed E-state index contributed by atoms with van der Waals surface area (Å²) in [6.07, 6.45) is 0. The largest absolute Gasteiger partial charge is 0.496 e. The van der Waals surface area contributed by atoms with Gasteiger partial charge >= 0.3 is 0 Å². The van der Waals surface area contributed by atoms with Crippen molar-refractivity contribution in [1.82, 2.24) is 10.6 Å². The number of carbonyl (C=O) groups excluding carboxylic acids is 2. The lowest BCUT2D eigenvalue weighted by Gasteiger charge is -2.17. The Morgan fingerprint density at radius 1 is 0.926 bits per heavy atom. The first-order valence-corrected chi connectivity index (χ1v) is 8.87. The lowest BCUT2D eigenvalue weighted by Crippen LogP contribution is -2.42. The summed E-state index contributed by atoms with van der Waals surface area (Å²) in [5, 5.41) is 6.40. The zero-order valence-corrected chi connectivity index (χ0v) is 16.6. The van der Waals surface area contributed by atoms with Crippen LogP contribution in [0.15, 0.2) is 36.4 Å². The summed E-state index contributed by atoms with van der Waals surface area (Å²) in [6.45, 7) is 1.98. The summed E-state index contributed by atoms with van der Waals surface area (Å²) in [6, 6.07) is 9.23. The third-order valence-electron chi connectivity index (χ3n) is 3.76. The van der Waals surface area contributed by atoms with Crippen molar-refractivity contribution >= 4 is 35.0 Å². The van der Waals surface area contributed by atoms with Crippen LogP contribution in [0.3, 0.4) is 0 Å². The summed E-state index contributed by atoms with van der Waals surface area (Å²) >= 11 is 11.9. The van der Waals surface area contributed by atoms with Crippen molar-refractivity contribution in [3.05, 3.63) is 57.6 Å². The van der Waals surface area contributed by atoms with Gasteiger partial charge in [-0.25, -0.2) is 0 Å². The maximum Gasteiger partial charge on any atom is 0.255 e. The Balaban J connectivity index is 1.99. The molecule has 0 saturated carbocycles. The molecule has 0 spiro atoms. The van der Waals surface area contributed by atoms with Gasteiger partial charge < -0.3 is 20.1 Å². The Hall–Kier alpha value is -2.44. The van der Waals surface area contributed by atoms with E-state index in [4.69, 9.17) is 32.7 Å². The SMILES string of the molecule is COc1ccc(Cl)cc1C(=O)NCC(C)NC(=O)c1cc(Cl)ccc1OC. The Morgan fingerprint density at radius 3 is 1.89 bits per heavy atom. The molecule has 2 aromatic rings. The highest BCUT2D eigenvalue weighted by molar-refractivity contribution is 6.31. The molecule has 1 unspecified atom stereocenters. The number of ether oxygens (including phenoxy) is 2. The van der Waals surface area contributed by atoms with Crippen LogP contribution in [0.1, 0.15) is 27.6 Å². The highest BCUT2D eigenvalue weighted by Gasteiger charge is 2.17. The average molecular weight is 411 g/mol. The predicted molar refractivity (Wildman–Crippen MR) is 105 cm³/mol. The van der Waals surface area contributed by atoms with Crippen molar-refractivity contribution in [2.45, 2.75) is 13.0 Å². The summed E-state index contributed by atoms with van der Waals surface area (Å²) in [7, 11) is 2.95. The van der Waals surface area contributed by atoms with Crippen molar-refractivity contribution < 1.29 is 19.1 Å². The van der Waals surface area contributed by atoms with Crippen LogP contribution in [0.25, 0.3) is 0 Å². The molecule has 2 N–H and O–H groups in total. The minimum absolute atomic E-state index is 0.211. The molecular formula is C19H20Cl2N2O4. The number of hydrogen-bond donors (Lipinski definition) is 2. The monoisotopic (exact) mass is 410 g/mol. The molecule has 1 atom stereocenters. The number of nitrogens with one attached hydrogen (secondary N) is 2. The molecule has 6 nitrogen and oxygen atoms in total. The van der Waals surface area contributed by atoms with Crippen molar-refractivity contribution in [1.29, 1.82) is 0 Å². The average Bonchev–Trinajstić information content (AvgIpc) is 2.65. The van der Waals surface area contributed by atoms with Gasteiger partial charge in [-0.1, -0.05) is 23.2 Å². The van der Waals surface area contributed by atoms with Gasteiger partial charge in [0, 0.05) is 22.6 Å². The second-order valence-electron chi connectivity index (χ2n) is 5.77. The van der Waals surface area contributed by atoms with Gasteiger partial charge in [0.05, 0.1) is 25.3 Å². The van der Waals surface area contributed by atoms with Crippen LogP contribution in [0.2, 0.25) is 10.0 Å². The minimum Gasteiger partial charge on any atom is -0.496 e. The van der Waals surface area contributed by atoms with Crippen LogP contribution >= 0.6 is 23.2 Å². The van der Waals surface area contributed by atoms with E-state index < -0.39 is 0 Å². The van der Waals surface area contributed by atoms with Gasteiger partial charge in [0.1, 0.15) is 11.5 Å². The normalized spacial score (nSPS) is 11.4. The maximum atomic E-state index is 12.4. The Bertz CT molecular complexity index is 842. The fourth-order valence-electron chi connectivity index (χ4n) is 2.41. The van der Waals surface area contributed by atoms with E-state index in [9.17, 15) is 9.59 Å². The van der Waals surface area contributed by atoms with Crippen molar-refractivity contribution in [3.8, 4) is 11.5 Å². The quantitative estimate of drug-likeness (QED) is 0.731. The molecule has 144 valence electrons. The third kappa shape index (κ3) is 5.52. The highest BCUT2D eigenvalue weighted by Crippen LogP contribution is 2.23. The zero-order chi connectivity index (χ0) is 20.0. The van der Waals surface area contributed by atoms with Crippen LogP contribution in [0, 0.1) is 0 Å². The van der Waals surface area contributed by atoms with E-state index in [-0.39, 0.29) is 24.4 Å². The Morgan fingerprint density at radius 2 is 1.41 bits per heavy atom. The molecule has 0 heterocycles. The molecule has 0 radical (unpaired) electrons. The van der Waals surface area contributed by atoms with Gasteiger partial charge in [0.25, 0.3) is 11.8 Å². The van der Waals surface area contributed by atoms with Crippen LogP contribution < -0.4 is 20.1 Å². The van der Waals surface area contributed by atoms with E-state index in [0.717, 1.165) is 0 Å². The first kappa shape index (κ1) is 20.9. The Kier molecular flexibility index (Phi) is 7.33. The molecule has 2 rings (SSSR count). The first-order chi connectivity index (χ1) is 12.8. The predicted octanol–water partition coefficient (Wildman–Crippen LogP) is 3.56. The van der Waals surface area contributed by atoms with E-state index in [2.05, 4.69) is 10.6 Å². The van der Waals surface area contributed by atoms with Crippen LogP contribution in [0.4, 0.5) is 0 Å². The zero-order valence-electron chi connectivity index (χ0n) is 15.1. The van der Waals surface area contributed by atoms with Crippen molar-refractivity contribution in [3.63, 3.8) is 0 Å². The number of methoxy groups -OCH3 is 2. The molecule has 0 fully saturated rings. The van der Waals surface area contributed by atoms with E-state index >= 15 is 0 Å². The fourth-order valence-corrected chi connectivity index (χ4v) is 2.75. The van der Waals surface area contributed by atoms with E-state index in [1.165, 1.54) is 26.4 Å². The molecule has 2 aromatic carbocycles. The third-order valence-corrected chi connectivity index (χ3v) is 4.23. The summed E-state index contributed by atoms with van der Waals surface area (Å²) in [5.74, 6) is 0.126. The number of amides is 2. The van der Waals surface area contributed by atoms with Gasteiger partial charge in [0.15, 0.2) is 0 Å². The minimum atomic E-state index is -0.351. The van der Waals surface area contributed by atoms with Gasteiger partial charge in [0.2, 0.25) is 0 Å². The number of carbonyl (C=O) groups is 2. The molecule has 2 amide bonds. The highest BCUT2D eigenvalue weighted by atomic mass is 35.5. The van der Waals surface area contributed by atoms with Gasteiger partial charge in [-0.05, 0) is 43.3 Å². The molecule has 0 aliphatic rings. The van der Waals surface area contributed by atoms with E-state index in [0.29, 0.717) is 32.7 Å². The van der Waals surface area contributed by atoms with E-state index in [1.807, 2.05) is 0 Å². The lowest BCUT2D eigenvalue weighted by atomic mass is 10.1. The molecule has 0 saturated heterocycles. The standard InChI is InChI=1S/C19H20Cl2N2O4/c1-11(23-19(25)15-9-13(21)5-7-17(15)27-3)10-22-18(24)14-8-12(20)4-6-16(14)26-2/h4-9,11H,10H2,1-3H3,(H,22,24)(H,23,25). The van der Waals surface area contributed by atoms with Gasteiger partial charge in [-0.3, -0.25) is 9.59 Å². The smallest absolute Gasteiger partial charge is 0.255 e. The van der Waals surface area contributed by atoms with Crippen LogP contribution in [0.5, 0.6) is 11.5 Å². The number of benzene rings is 2. The number of halogens is 2. The van der Waals surface area contributed by atoms with Gasteiger partial charge in [-0.15, -0.1) is 0 Å². The molecule has 0 aromatic heterocycles.